The number of fused-ring (bicyclic) bond motifs is 1. The highest BCUT2D eigenvalue weighted by atomic mass is 32.1. The number of nitrogens with zero attached hydrogens (tertiary/aromatic N) is 1. The molecule has 3 rings (SSSR count). The minimum Gasteiger partial charge on any atom is -0.200 e. The SMILES string of the molecule is CCC(C)c1ccc2cnsc2c1-c1ccc(C(C)C)cc1. The third-order valence-corrected chi connectivity index (χ3v) is 5.40. The highest BCUT2D eigenvalue weighted by molar-refractivity contribution is 7.14. The molecule has 2 heteroatoms. The maximum Gasteiger partial charge on any atom is 0.0631 e. The molecule has 0 spiro atoms. The molecule has 1 unspecified atom stereocenters. The van der Waals surface area contributed by atoms with Gasteiger partial charge in [0.05, 0.1) is 4.70 Å². The summed E-state index contributed by atoms with van der Waals surface area (Å²) in [4.78, 5) is 0. The summed E-state index contributed by atoms with van der Waals surface area (Å²) in [5, 5.41) is 1.25. The van der Waals surface area contributed by atoms with Crippen LogP contribution in [0.1, 0.15) is 57.1 Å². The zero-order valence-corrected chi connectivity index (χ0v) is 14.6. The molecule has 0 radical (unpaired) electrons. The van der Waals surface area contributed by atoms with E-state index in [2.05, 4.69) is 68.5 Å². The van der Waals surface area contributed by atoms with Crippen molar-refractivity contribution in [1.29, 1.82) is 0 Å². The maximum atomic E-state index is 4.40. The number of benzene rings is 2. The van der Waals surface area contributed by atoms with Gasteiger partial charge in [0.2, 0.25) is 0 Å². The van der Waals surface area contributed by atoms with Crippen LogP contribution in [0, 0.1) is 0 Å². The summed E-state index contributed by atoms with van der Waals surface area (Å²) in [6.45, 7) is 9.05. The summed E-state index contributed by atoms with van der Waals surface area (Å²) in [6.07, 6.45) is 3.13. The van der Waals surface area contributed by atoms with E-state index >= 15 is 0 Å². The van der Waals surface area contributed by atoms with E-state index in [1.54, 1.807) is 11.5 Å². The van der Waals surface area contributed by atoms with Crippen molar-refractivity contribution in [2.75, 3.05) is 0 Å². The van der Waals surface area contributed by atoms with Crippen molar-refractivity contribution in [2.45, 2.75) is 46.0 Å². The van der Waals surface area contributed by atoms with Crippen molar-refractivity contribution in [2.24, 2.45) is 0 Å². The van der Waals surface area contributed by atoms with Crippen molar-refractivity contribution in [3.8, 4) is 11.1 Å². The molecule has 0 aliphatic heterocycles. The molecule has 0 fully saturated rings. The zero-order valence-electron chi connectivity index (χ0n) is 13.8. The van der Waals surface area contributed by atoms with Gasteiger partial charge in [-0.25, -0.2) is 0 Å². The van der Waals surface area contributed by atoms with Crippen molar-refractivity contribution in [3.05, 3.63) is 53.7 Å². The van der Waals surface area contributed by atoms with Gasteiger partial charge in [0.15, 0.2) is 0 Å². The quantitative estimate of drug-likeness (QED) is 0.529. The van der Waals surface area contributed by atoms with E-state index < -0.39 is 0 Å². The van der Waals surface area contributed by atoms with Gasteiger partial charge in [-0.1, -0.05) is 64.1 Å². The van der Waals surface area contributed by atoms with Crippen LogP contribution in [0.4, 0.5) is 0 Å². The summed E-state index contributed by atoms with van der Waals surface area (Å²) >= 11 is 1.61. The monoisotopic (exact) mass is 309 g/mol. The molecule has 1 heterocycles. The Labute approximate surface area is 137 Å². The lowest BCUT2D eigenvalue weighted by molar-refractivity contribution is 0.736. The van der Waals surface area contributed by atoms with Gasteiger partial charge in [-0.2, -0.15) is 4.37 Å². The summed E-state index contributed by atoms with van der Waals surface area (Å²) in [5.74, 6) is 1.13. The first-order valence-corrected chi connectivity index (χ1v) is 8.86. The summed E-state index contributed by atoms with van der Waals surface area (Å²) in [5.41, 5.74) is 5.53. The van der Waals surface area contributed by atoms with Gasteiger partial charge in [-0.05, 0) is 46.5 Å². The molecular formula is C20H23NS. The highest BCUT2D eigenvalue weighted by Crippen LogP contribution is 2.39. The first-order chi connectivity index (χ1) is 10.6. The van der Waals surface area contributed by atoms with E-state index in [-0.39, 0.29) is 0 Å². The second-order valence-corrected chi connectivity index (χ2v) is 7.16. The molecule has 0 amide bonds. The van der Waals surface area contributed by atoms with Crippen LogP contribution in [0.3, 0.4) is 0 Å². The minimum atomic E-state index is 0.561. The van der Waals surface area contributed by atoms with Gasteiger partial charge < -0.3 is 0 Å². The van der Waals surface area contributed by atoms with Crippen LogP contribution in [-0.2, 0) is 0 Å². The molecule has 0 aliphatic rings. The fraction of sp³-hybridized carbons (Fsp3) is 0.350. The van der Waals surface area contributed by atoms with Gasteiger partial charge in [-0.15, -0.1) is 0 Å². The van der Waals surface area contributed by atoms with E-state index in [0.29, 0.717) is 11.8 Å². The molecule has 1 atom stereocenters. The third-order valence-electron chi connectivity index (χ3n) is 4.57. The standard InChI is InChI=1S/C20H23NS/c1-5-14(4)18-11-10-17-12-21-22-20(17)19(18)16-8-6-15(7-9-16)13(2)3/h6-14H,5H2,1-4H3. The molecule has 3 aromatic rings. The largest absolute Gasteiger partial charge is 0.200 e. The number of hydrogen-bond acceptors (Lipinski definition) is 2. The number of rotatable bonds is 4. The Morgan fingerprint density at radius 3 is 2.36 bits per heavy atom. The van der Waals surface area contributed by atoms with Crippen molar-refractivity contribution < 1.29 is 0 Å². The van der Waals surface area contributed by atoms with E-state index in [1.165, 1.54) is 32.3 Å². The third kappa shape index (κ3) is 2.68. The van der Waals surface area contributed by atoms with E-state index in [9.17, 15) is 0 Å². The Morgan fingerprint density at radius 2 is 1.73 bits per heavy atom. The normalized spacial score (nSPS) is 13.0. The van der Waals surface area contributed by atoms with Crippen LogP contribution in [-0.4, -0.2) is 4.37 Å². The van der Waals surface area contributed by atoms with Gasteiger partial charge in [0, 0.05) is 17.1 Å². The smallest absolute Gasteiger partial charge is 0.0631 e. The van der Waals surface area contributed by atoms with Crippen LogP contribution in [0.15, 0.2) is 42.6 Å². The maximum absolute atomic E-state index is 4.40. The second-order valence-electron chi connectivity index (χ2n) is 6.36. The molecule has 0 saturated heterocycles. The first-order valence-electron chi connectivity index (χ1n) is 8.09. The van der Waals surface area contributed by atoms with Gasteiger partial charge in [-0.3, -0.25) is 0 Å². The molecule has 0 N–H and O–H groups in total. The van der Waals surface area contributed by atoms with Crippen LogP contribution in [0.2, 0.25) is 0 Å². The van der Waals surface area contributed by atoms with E-state index in [1.807, 2.05) is 6.20 Å². The lowest BCUT2D eigenvalue weighted by Gasteiger charge is -2.17. The average molecular weight is 309 g/mol. The fourth-order valence-corrected chi connectivity index (χ4v) is 3.74. The van der Waals surface area contributed by atoms with Crippen molar-refractivity contribution >= 4 is 21.6 Å². The Morgan fingerprint density at radius 1 is 1.00 bits per heavy atom. The molecule has 1 nitrogen and oxygen atoms in total. The predicted octanol–water partition coefficient (Wildman–Crippen LogP) is 6.60. The van der Waals surface area contributed by atoms with E-state index in [0.717, 1.165) is 6.42 Å². The van der Waals surface area contributed by atoms with Crippen LogP contribution in [0.5, 0.6) is 0 Å². The number of hydrogen-bond donors (Lipinski definition) is 0. The minimum absolute atomic E-state index is 0.561. The molecule has 22 heavy (non-hydrogen) atoms. The molecule has 0 saturated carbocycles. The average Bonchev–Trinajstić information content (AvgIpc) is 3.01. The Kier molecular flexibility index (Phi) is 4.30. The van der Waals surface area contributed by atoms with Crippen LogP contribution in [0.25, 0.3) is 21.2 Å². The Bertz CT molecular complexity index is 768. The van der Waals surface area contributed by atoms with Gasteiger partial charge in [0.25, 0.3) is 0 Å². The first kappa shape index (κ1) is 15.2. The lowest BCUT2D eigenvalue weighted by atomic mass is 9.88. The molecule has 114 valence electrons. The molecule has 2 aromatic carbocycles. The predicted molar refractivity (Wildman–Crippen MR) is 97.9 cm³/mol. The summed E-state index contributed by atoms with van der Waals surface area (Å²) in [7, 11) is 0. The Hall–Kier alpha value is -1.67. The van der Waals surface area contributed by atoms with Crippen LogP contribution >= 0.6 is 11.5 Å². The molecule has 1 aromatic heterocycles. The highest BCUT2D eigenvalue weighted by Gasteiger charge is 2.15. The molecule has 0 aliphatic carbocycles. The topological polar surface area (TPSA) is 12.9 Å². The van der Waals surface area contributed by atoms with Crippen molar-refractivity contribution in [1.82, 2.24) is 4.37 Å². The lowest BCUT2D eigenvalue weighted by Crippen LogP contribution is -1.96. The van der Waals surface area contributed by atoms with Gasteiger partial charge >= 0.3 is 0 Å². The zero-order chi connectivity index (χ0) is 15.7. The van der Waals surface area contributed by atoms with Crippen molar-refractivity contribution in [3.63, 3.8) is 0 Å². The second kappa shape index (κ2) is 6.21. The summed E-state index contributed by atoms with van der Waals surface area (Å²) in [6, 6.07) is 13.6. The summed E-state index contributed by atoms with van der Waals surface area (Å²) < 4.78 is 5.72. The van der Waals surface area contributed by atoms with Gasteiger partial charge in [0.1, 0.15) is 0 Å². The molecule has 0 bridgehead atoms. The van der Waals surface area contributed by atoms with E-state index in [4.69, 9.17) is 0 Å². The fourth-order valence-electron chi connectivity index (χ4n) is 2.91. The number of aromatic nitrogens is 1. The van der Waals surface area contributed by atoms with Crippen LogP contribution < -0.4 is 0 Å². The molecular weight excluding hydrogens is 286 g/mol. The Balaban J connectivity index is 2.20.